The Morgan fingerprint density at radius 3 is 3.06 bits per heavy atom. The molecule has 5 nitrogen and oxygen atoms in total. The average molecular weight is 254 g/mol. The molecular formula is C11H12ClN3O2. The van der Waals surface area contributed by atoms with Crippen molar-refractivity contribution in [3.8, 4) is 5.88 Å². The summed E-state index contributed by atoms with van der Waals surface area (Å²) in [5.74, 6) is -0.100. The van der Waals surface area contributed by atoms with E-state index in [1.807, 2.05) is 0 Å². The van der Waals surface area contributed by atoms with Crippen LogP contribution in [0.2, 0.25) is 5.15 Å². The van der Waals surface area contributed by atoms with Gasteiger partial charge in [0.1, 0.15) is 5.15 Å². The molecule has 0 amide bonds. The lowest BCUT2D eigenvalue weighted by atomic mass is 10.2. The molecule has 0 aliphatic carbocycles. The quantitative estimate of drug-likeness (QED) is 0.794. The van der Waals surface area contributed by atoms with Crippen molar-refractivity contribution in [1.82, 2.24) is 14.8 Å². The van der Waals surface area contributed by atoms with Crippen LogP contribution in [-0.2, 0) is 4.74 Å². The van der Waals surface area contributed by atoms with Gasteiger partial charge in [0, 0.05) is 6.61 Å². The van der Waals surface area contributed by atoms with Crippen LogP contribution >= 0.6 is 11.6 Å². The van der Waals surface area contributed by atoms with Gasteiger partial charge in [0.2, 0.25) is 0 Å². The molecule has 0 spiro atoms. The van der Waals surface area contributed by atoms with E-state index in [9.17, 15) is 5.11 Å². The molecule has 1 N–H and O–H groups in total. The SMILES string of the molecule is Oc1nn(C2CCCCO2)c2ccc(Cl)nc12. The number of ether oxygens (including phenoxy) is 1. The molecule has 1 unspecified atom stereocenters. The second-order valence-corrected chi connectivity index (χ2v) is 4.48. The topological polar surface area (TPSA) is 60.2 Å². The largest absolute Gasteiger partial charge is 0.491 e. The molecule has 6 heteroatoms. The summed E-state index contributed by atoms with van der Waals surface area (Å²) in [5.41, 5.74) is 1.17. The summed E-state index contributed by atoms with van der Waals surface area (Å²) >= 11 is 5.80. The van der Waals surface area contributed by atoms with E-state index in [0.717, 1.165) is 31.4 Å². The highest BCUT2D eigenvalue weighted by atomic mass is 35.5. The van der Waals surface area contributed by atoms with Crippen LogP contribution in [0.3, 0.4) is 0 Å². The van der Waals surface area contributed by atoms with E-state index in [0.29, 0.717) is 10.7 Å². The van der Waals surface area contributed by atoms with E-state index in [4.69, 9.17) is 16.3 Å². The monoisotopic (exact) mass is 253 g/mol. The minimum Gasteiger partial charge on any atom is -0.491 e. The van der Waals surface area contributed by atoms with Crippen molar-refractivity contribution >= 4 is 22.6 Å². The Morgan fingerprint density at radius 1 is 1.41 bits per heavy atom. The summed E-state index contributed by atoms with van der Waals surface area (Å²) in [5, 5.41) is 14.2. The van der Waals surface area contributed by atoms with Crippen LogP contribution in [0.1, 0.15) is 25.5 Å². The molecule has 0 aromatic carbocycles. The predicted octanol–water partition coefficient (Wildman–Crippen LogP) is 2.49. The minimum atomic E-state index is -0.116. The second-order valence-electron chi connectivity index (χ2n) is 4.09. The summed E-state index contributed by atoms with van der Waals surface area (Å²) in [6.45, 7) is 0.730. The van der Waals surface area contributed by atoms with Crippen LogP contribution in [0.4, 0.5) is 0 Å². The van der Waals surface area contributed by atoms with Gasteiger partial charge in [-0.25, -0.2) is 9.67 Å². The molecule has 0 radical (unpaired) electrons. The highest BCUT2D eigenvalue weighted by Gasteiger charge is 2.21. The highest BCUT2D eigenvalue weighted by Crippen LogP contribution is 2.30. The molecule has 2 aromatic heterocycles. The van der Waals surface area contributed by atoms with Gasteiger partial charge in [-0.1, -0.05) is 11.6 Å². The van der Waals surface area contributed by atoms with Crippen molar-refractivity contribution in [1.29, 1.82) is 0 Å². The first kappa shape index (κ1) is 10.8. The number of halogens is 1. The first-order valence-electron chi connectivity index (χ1n) is 5.61. The normalized spacial score (nSPS) is 20.9. The molecule has 1 atom stereocenters. The van der Waals surface area contributed by atoms with Gasteiger partial charge in [-0.3, -0.25) is 0 Å². The second kappa shape index (κ2) is 4.16. The summed E-state index contributed by atoms with van der Waals surface area (Å²) in [7, 11) is 0. The van der Waals surface area contributed by atoms with Gasteiger partial charge >= 0.3 is 0 Å². The predicted molar refractivity (Wildman–Crippen MR) is 63.0 cm³/mol. The third-order valence-electron chi connectivity index (χ3n) is 2.93. The summed E-state index contributed by atoms with van der Waals surface area (Å²) < 4.78 is 7.33. The van der Waals surface area contributed by atoms with Gasteiger partial charge in [-0.15, -0.1) is 5.10 Å². The molecule has 0 saturated carbocycles. The van der Waals surface area contributed by atoms with Crippen LogP contribution in [0.15, 0.2) is 12.1 Å². The molecule has 3 heterocycles. The van der Waals surface area contributed by atoms with Crippen molar-refractivity contribution in [2.75, 3.05) is 6.61 Å². The summed E-state index contributed by atoms with van der Waals surface area (Å²) in [4.78, 5) is 4.07. The zero-order valence-corrected chi connectivity index (χ0v) is 9.89. The maximum Gasteiger partial charge on any atom is 0.257 e. The Kier molecular flexibility index (Phi) is 2.64. The van der Waals surface area contributed by atoms with Crippen LogP contribution in [0.25, 0.3) is 11.0 Å². The van der Waals surface area contributed by atoms with E-state index < -0.39 is 0 Å². The van der Waals surface area contributed by atoms with Crippen LogP contribution in [-0.4, -0.2) is 26.5 Å². The molecule has 3 rings (SSSR count). The smallest absolute Gasteiger partial charge is 0.257 e. The molecule has 0 bridgehead atoms. The van der Waals surface area contributed by atoms with E-state index in [2.05, 4.69) is 10.1 Å². The average Bonchev–Trinajstić information content (AvgIpc) is 2.68. The lowest BCUT2D eigenvalue weighted by molar-refractivity contribution is -0.0371. The van der Waals surface area contributed by atoms with E-state index in [-0.39, 0.29) is 12.1 Å². The van der Waals surface area contributed by atoms with Crippen molar-refractivity contribution in [2.45, 2.75) is 25.5 Å². The number of aromatic nitrogens is 3. The Balaban J connectivity index is 2.10. The molecule has 17 heavy (non-hydrogen) atoms. The van der Waals surface area contributed by atoms with Crippen LogP contribution < -0.4 is 0 Å². The molecule has 1 saturated heterocycles. The van der Waals surface area contributed by atoms with Gasteiger partial charge in [0.25, 0.3) is 5.88 Å². The first-order chi connectivity index (χ1) is 8.25. The maximum atomic E-state index is 9.74. The van der Waals surface area contributed by atoms with Gasteiger partial charge in [-0.2, -0.15) is 0 Å². The van der Waals surface area contributed by atoms with Crippen molar-refractivity contribution in [3.63, 3.8) is 0 Å². The Bertz CT molecular complexity index is 549. The number of hydrogen-bond donors (Lipinski definition) is 1. The maximum absolute atomic E-state index is 9.74. The highest BCUT2D eigenvalue weighted by molar-refractivity contribution is 6.29. The van der Waals surface area contributed by atoms with Gasteiger partial charge in [0.05, 0.1) is 5.52 Å². The molecule has 1 aliphatic heterocycles. The number of aromatic hydroxyl groups is 1. The van der Waals surface area contributed by atoms with Crippen LogP contribution in [0, 0.1) is 0 Å². The Morgan fingerprint density at radius 2 is 2.29 bits per heavy atom. The number of rotatable bonds is 1. The lowest BCUT2D eigenvalue weighted by Gasteiger charge is -2.23. The fourth-order valence-electron chi connectivity index (χ4n) is 2.12. The zero-order valence-electron chi connectivity index (χ0n) is 9.14. The van der Waals surface area contributed by atoms with E-state index in [1.165, 1.54) is 0 Å². The standard InChI is InChI=1S/C11H12ClN3O2/c12-8-5-4-7-10(13-8)11(16)14-15(7)9-3-1-2-6-17-9/h4-5,9H,1-3,6H2,(H,14,16). The molecular weight excluding hydrogens is 242 g/mol. The number of pyridine rings is 1. The lowest BCUT2D eigenvalue weighted by Crippen LogP contribution is -2.18. The van der Waals surface area contributed by atoms with Gasteiger partial charge in [-0.05, 0) is 31.4 Å². The zero-order chi connectivity index (χ0) is 11.8. The molecule has 2 aromatic rings. The number of hydrogen-bond acceptors (Lipinski definition) is 4. The Labute approximate surface area is 103 Å². The van der Waals surface area contributed by atoms with Gasteiger partial charge in [0.15, 0.2) is 11.7 Å². The molecule has 1 fully saturated rings. The summed E-state index contributed by atoms with van der Waals surface area (Å²) in [6, 6.07) is 3.49. The molecule has 90 valence electrons. The van der Waals surface area contributed by atoms with E-state index in [1.54, 1.807) is 16.8 Å². The van der Waals surface area contributed by atoms with Gasteiger partial charge < -0.3 is 9.84 Å². The van der Waals surface area contributed by atoms with Crippen molar-refractivity contribution < 1.29 is 9.84 Å². The first-order valence-corrected chi connectivity index (χ1v) is 5.99. The number of fused-ring (bicyclic) bond motifs is 1. The minimum absolute atomic E-state index is 0.100. The van der Waals surface area contributed by atoms with E-state index >= 15 is 0 Å². The Hall–Kier alpha value is -1.33. The summed E-state index contributed by atoms with van der Waals surface area (Å²) in [6.07, 6.45) is 2.97. The fraction of sp³-hybridized carbons (Fsp3) is 0.455. The third-order valence-corrected chi connectivity index (χ3v) is 3.14. The van der Waals surface area contributed by atoms with Crippen LogP contribution in [0.5, 0.6) is 5.88 Å². The number of nitrogens with zero attached hydrogens (tertiary/aromatic N) is 3. The van der Waals surface area contributed by atoms with Crippen molar-refractivity contribution in [3.05, 3.63) is 17.3 Å². The third kappa shape index (κ3) is 1.85. The fourth-order valence-corrected chi connectivity index (χ4v) is 2.26. The van der Waals surface area contributed by atoms with Crippen molar-refractivity contribution in [2.24, 2.45) is 0 Å². The molecule has 1 aliphatic rings.